The zero-order valence-corrected chi connectivity index (χ0v) is 10.7. The van der Waals surface area contributed by atoms with Crippen molar-refractivity contribution in [2.75, 3.05) is 5.73 Å². The maximum atomic E-state index is 8.90. The topological polar surface area (TPSA) is 71.9 Å². The van der Waals surface area contributed by atoms with E-state index in [2.05, 4.69) is 11.9 Å². The van der Waals surface area contributed by atoms with Crippen LogP contribution in [-0.4, -0.2) is 11.1 Å². The highest BCUT2D eigenvalue weighted by atomic mass is 16.5. The van der Waals surface area contributed by atoms with Crippen LogP contribution in [0.5, 0.6) is 5.88 Å². The van der Waals surface area contributed by atoms with Crippen LogP contribution in [0.2, 0.25) is 0 Å². The second-order valence-corrected chi connectivity index (χ2v) is 4.81. The van der Waals surface area contributed by atoms with Gasteiger partial charge in [-0.05, 0) is 37.7 Å². The van der Waals surface area contributed by atoms with E-state index in [-0.39, 0.29) is 11.8 Å². The number of hydrogen-bond acceptors (Lipinski definition) is 4. The molecular weight excluding hydrogens is 226 g/mol. The first-order valence-corrected chi connectivity index (χ1v) is 6.58. The Morgan fingerprint density at radius 3 is 2.94 bits per heavy atom. The molecule has 1 aliphatic carbocycles. The van der Waals surface area contributed by atoms with Gasteiger partial charge in [0.2, 0.25) is 5.88 Å². The number of nitriles is 1. The maximum absolute atomic E-state index is 8.90. The summed E-state index contributed by atoms with van der Waals surface area (Å²) in [5, 5.41) is 8.90. The summed E-state index contributed by atoms with van der Waals surface area (Å²) < 4.78 is 5.94. The van der Waals surface area contributed by atoms with Crippen molar-refractivity contribution in [3.05, 3.63) is 17.8 Å². The fourth-order valence-corrected chi connectivity index (χ4v) is 2.56. The second-order valence-electron chi connectivity index (χ2n) is 4.81. The Balaban J connectivity index is 2.11. The molecule has 0 saturated heterocycles. The Morgan fingerprint density at radius 2 is 2.22 bits per heavy atom. The molecule has 0 aromatic carbocycles. The molecule has 96 valence electrons. The summed E-state index contributed by atoms with van der Waals surface area (Å²) in [6.45, 7) is 2.20. The zero-order valence-electron chi connectivity index (χ0n) is 10.7. The van der Waals surface area contributed by atoms with Gasteiger partial charge < -0.3 is 10.5 Å². The molecular formula is C14H19N3O. The quantitative estimate of drug-likeness (QED) is 0.888. The van der Waals surface area contributed by atoms with Crippen LogP contribution in [0.15, 0.2) is 12.1 Å². The number of nitrogen functional groups attached to an aromatic ring is 1. The van der Waals surface area contributed by atoms with Gasteiger partial charge in [0.1, 0.15) is 12.2 Å². The summed E-state index contributed by atoms with van der Waals surface area (Å²) in [5.74, 6) is 1.12. The van der Waals surface area contributed by atoms with Gasteiger partial charge >= 0.3 is 0 Å². The lowest BCUT2D eigenvalue weighted by Gasteiger charge is -2.30. The lowest BCUT2D eigenvalue weighted by Crippen LogP contribution is -2.30. The summed E-state index contributed by atoms with van der Waals surface area (Å²) in [6, 6.07) is 5.41. The predicted molar refractivity (Wildman–Crippen MR) is 70.0 cm³/mol. The number of nitrogens with zero attached hydrogens (tertiary/aromatic N) is 2. The third kappa shape index (κ3) is 2.73. The van der Waals surface area contributed by atoms with Crippen molar-refractivity contribution >= 4 is 5.69 Å². The van der Waals surface area contributed by atoms with Crippen molar-refractivity contribution in [1.82, 2.24) is 4.98 Å². The molecule has 4 nitrogen and oxygen atoms in total. The van der Waals surface area contributed by atoms with Crippen LogP contribution in [0.4, 0.5) is 5.69 Å². The average Bonchev–Trinajstić information content (AvgIpc) is 2.41. The average molecular weight is 245 g/mol. The van der Waals surface area contributed by atoms with Gasteiger partial charge in [-0.25, -0.2) is 4.98 Å². The first kappa shape index (κ1) is 12.7. The molecule has 18 heavy (non-hydrogen) atoms. The SMILES string of the molecule is CCC1CCCCC1Oc1ccc(N)c(C#N)n1. The Morgan fingerprint density at radius 1 is 1.44 bits per heavy atom. The van der Waals surface area contributed by atoms with Gasteiger partial charge in [0.05, 0.1) is 5.69 Å². The molecule has 1 saturated carbocycles. The van der Waals surface area contributed by atoms with Crippen LogP contribution >= 0.6 is 0 Å². The molecule has 4 heteroatoms. The minimum absolute atomic E-state index is 0.228. The molecule has 0 radical (unpaired) electrons. The number of hydrogen-bond donors (Lipinski definition) is 1. The van der Waals surface area contributed by atoms with Crippen LogP contribution in [-0.2, 0) is 0 Å². The van der Waals surface area contributed by atoms with E-state index < -0.39 is 0 Å². The Bertz CT molecular complexity index is 453. The standard InChI is InChI=1S/C14H19N3O/c1-2-10-5-3-4-6-13(10)18-14-8-7-11(16)12(9-15)17-14/h7-8,10,13H,2-6,16H2,1H3. The molecule has 2 rings (SSSR count). The monoisotopic (exact) mass is 245 g/mol. The largest absolute Gasteiger partial charge is 0.474 e. The van der Waals surface area contributed by atoms with E-state index in [4.69, 9.17) is 15.7 Å². The first-order valence-electron chi connectivity index (χ1n) is 6.58. The molecule has 1 heterocycles. The molecule has 1 aliphatic rings. The molecule has 0 aliphatic heterocycles. The van der Waals surface area contributed by atoms with E-state index >= 15 is 0 Å². The molecule has 2 unspecified atom stereocenters. The summed E-state index contributed by atoms with van der Waals surface area (Å²) in [6.07, 6.45) is 6.16. The molecule has 0 bridgehead atoms. The van der Waals surface area contributed by atoms with Crippen LogP contribution in [0.3, 0.4) is 0 Å². The van der Waals surface area contributed by atoms with Crippen molar-refractivity contribution in [1.29, 1.82) is 5.26 Å². The number of rotatable bonds is 3. The fourth-order valence-electron chi connectivity index (χ4n) is 2.56. The molecule has 2 N–H and O–H groups in total. The number of nitrogens with two attached hydrogens (primary N) is 1. The predicted octanol–water partition coefficient (Wildman–Crippen LogP) is 2.88. The van der Waals surface area contributed by atoms with Gasteiger partial charge in [-0.3, -0.25) is 0 Å². The van der Waals surface area contributed by atoms with Crippen LogP contribution in [0.25, 0.3) is 0 Å². The number of anilines is 1. The van der Waals surface area contributed by atoms with Crippen molar-refractivity contribution in [2.45, 2.75) is 45.1 Å². The summed E-state index contributed by atoms with van der Waals surface area (Å²) in [7, 11) is 0. The fraction of sp³-hybridized carbons (Fsp3) is 0.571. The molecule has 0 amide bonds. The molecule has 1 aromatic rings. The van der Waals surface area contributed by atoms with Gasteiger partial charge in [-0.2, -0.15) is 5.26 Å². The molecule has 1 fully saturated rings. The molecule has 0 spiro atoms. The van der Waals surface area contributed by atoms with Crippen LogP contribution < -0.4 is 10.5 Å². The maximum Gasteiger partial charge on any atom is 0.214 e. The summed E-state index contributed by atoms with van der Waals surface area (Å²) in [4.78, 5) is 4.15. The smallest absolute Gasteiger partial charge is 0.214 e. The van der Waals surface area contributed by atoms with Crippen LogP contribution in [0.1, 0.15) is 44.7 Å². The second kappa shape index (κ2) is 5.72. The van der Waals surface area contributed by atoms with Crippen molar-refractivity contribution < 1.29 is 4.74 Å². The number of pyridine rings is 1. The normalized spacial score (nSPS) is 23.3. The summed E-state index contributed by atoms with van der Waals surface area (Å²) >= 11 is 0. The molecule has 2 atom stereocenters. The van der Waals surface area contributed by atoms with E-state index in [9.17, 15) is 0 Å². The van der Waals surface area contributed by atoms with Crippen LogP contribution in [0, 0.1) is 17.2 Å². The van der Waals surface area contributed by atoms with E-state index in [1.165, 1.54) is 19.3 Å². The minimum Gasteiger partial charge on any atom is -0.474 e. The van der Waals surface area contributed by atoms with Gasteiger partial charge in [0.25, 0.3) is 0 Å². The zero-order chi connectivity index (χ0) is 13.0. The van der Waals surface area contributed by atoms with Crippen molar-refractivity contribution in [3.63, 3.8) is 0 Å². The molecule has 1 aromatic heterocycles. The van der Waals surface area contributed by atoms with Crippen molar-refractivity contribution in [3.8, 4) is 11.9 Å². The Kier molecular flexibility index (Phi) is 4.03. The lowest BCUT2D eigenvalue weighted by atomic mass is 9.85. The van der Waals surface area contributed by atoms with E-state index in [1.54, 1.807) is 12.1 Å². The lowest BCUT2D eigenvalue weighted by molar-refractivity contribution is 0.0858. The summed E-state index contributed by atoms with van der Waals surface area (Å²) in [5.41, 5.74) is 6.30. The van der Waals surface area contributed by atoms with Gasteiger partial charge in [0.15, 0.2) is 5.69 Å². The third-order valence-corrected chi connectivity index (χ3v) is 3.64. The first-order chi connectivity index (χ1) is 8.74. The van der Waals surface area contributed by atoms with Gasteiger partial charge in [-0.1, -0.05) is 13.3 Å². The van der Waals surface area contributed by atoms with E-state index in [0.29, 0.717) is 17.5 Å². The van der Waals surface area contributed by atoms with E-state index in [1.807, 2.05) is 6.07 Å². The highest BCUT2D eigenvalue weighted by Gasteiger charge is 2.25. The van der Waals surface area contributed by atoms with E-state index in [0.717, 1.165) is 12.8 Å². The number of aromatic nitrogens is 1. The van der Waals surface area contributed by atoms with Gasteiger partial charge in [-0.15, -0.1) is 0 Å². The third-order valence-electron chi connectivity index (χ3n) is 3.64. The Hall–Kier alpha value is -1.76. The minimum atomic E-state index is 0.228. The Labute approximate surface area is 108 Å². The highest BCUT2D eigenvalue weighted by molar-refractivity contribution is 5.50. The van der Waals surface area contributed by atoms with Crippen molar-refractivity contribution in [2.24, 2.45) is 5.92 Å². The highest BCUT2D eigenvalue weighted by Crippen LogP contribution is 2.30. The number of ether oxygens (including phenoxy) is 1. The van der Waals surface area contributed by atoms with Gasteiger partial charge in [0, 0.05) is 6.07 Å².